The summed E-state index contributed by atoms with van der Waals surface area (Å²) in [5, 5.41) is 0. The predicted molar refractivity (Wildman–Crippen MR) is 50.5 cm³/mol. The van der Waals surface area contributed by atoms with Crippen LogP contribution in [0.2, 0.25) is 0 Å². The van der Waals surface area contributed by atoms with Crippen LogP contribution in [0.3, 0.4) is 0 Å². The van der Waals surface area contributed by atoms with E-state index in [1.54, 1.807) is 12.5 Å². The van der Waals surface area contributed by atoms with Gasteiger partial charge in [0.1, 0.15) is 12.0 Å². The second-order valence-electron chi connectivity index (χ2n) is 2.99. The van der Waals surface area contributed by atoms with Crippen LogP contribution in [0.25, 0.3) is 5.65 Å². The van der Waals surface area contributed by atoms with Crippen LogP contribution in [-0.2, 0) is 6.42 Å². The Hall–Kier alpha value is -1.42. The molecule has 0 fully saturated rings. The van der Waals surface area contributed by atoms with Gasteiger partial charge in [0.25, 0.3) is 0 Å². The number of hydrogen-bond acceptors (Lipinski definition) is 3. The zero-order valence-electron chi connectivity index (χ0n) is 7.57. The number of imidazole rings is 1. The van der Waals surface area contributed by atoms with E-state index in [-0.39, 0.29) is 0 Å². The van der Waals surface area contributed by atoms with Gasteiger partial charge in [-0.05, 0) is 19.5 Å². The van der Waals surface area contributed by atoms with Crippen LogP contribution >= 0.6 is 0 Å². The number of hydrogen-bond donors (Lipinski definition) is 1. The molecule has 0 aliphatic heterocycles. The highest BCUT2D eigenvalue weighted by Crippen LogP contribution is 2.10. The fourth-order valence-corrected chi connectivity index (χ4v) is 1.44. The number of fused-ring (bicyclic) bond motifs is 1. The van der Waals surface area contributed by atoms with Crippen molar-refractivity contribution in [2.45, 2.75) is 13.3 Å². The lowest BCUT2D eigenvalue weighted by atomic mass is 10.2. The van der Waals surface area contributed by atoms with Crippen molar-refractivity contribution in [3.8, 4) is 0 Å². The van der Waals surface area contributed by atoms with Crippen LogP contribution in [0.5, 0.6) is 0 Å². The van der Waals surface area contributed by atoms with Gasteiger partial charge in [-0.25, -0.2) is 9.97 Å². The third-order valence-electron chi connectivity index (χ3n) is 2.15. The van der Waals surface area contributed by atoms with Gasteiger partial charge in [-0.3, -0.25) is 4.40 Å². The molecule has 0 aliphatic carbocycles. The molecule has 0 aliphatic rings. The molecule has 0 bridgehead atoms. The minimum absolute atomic E-state index is 0.637. The smallest absolute Gasteiger partial charge is 0.139 e. The van der Waals surface area contributed by atoms with E-state index in [1.807, 2.05) is 17.4 Å². The number of rotatable bonds is 2. The SMILES string of the molecule is Cc1c(CCN)nc2ccncn12. The molecule has 2 N–H and O–H groups in total. The lowest BCUT2D eigenvalue weighted by Gasteiger charge is -1.94. The van der Waals surface area contributed by atoms with Gasteiger partial charge in [-0.15, -0.1) is 0 Å². The van der Waals surface area contributed by atoms with E-state index in [0.29, 0.717) is 6.54 Å². The Kier molecular flexibility index (Phi) is 1.98. The molecule has 4 heteroatoms. The summed E-state index contributed by atoms with van der Waals surface area (Å²) in [6.07, 6.45) is 4.35. The predicted octanol–water partition coefficient (Wildman–Crippen LogP) is 0.539. The van der Waals surface area contributed by atoms with E-state index in [0.717, 1.165) is 23.5 Å². The quantitative estimate of drug-likeness (QED) is 0.726. The Bertz CT molecular complexity index is 418. The Labute approximate surface area is 76.4 Å². The van der Waals surface area contributed by atoms with Gasteiger partial charge in [0.2, 0.25) is 0 Å². The number of aromatic nitrogens is 3. The first-order valence-corrected chi connectivity index (χ1v) is 4.30. The van der Waals surface area contributed by atoms with Crippen molar-refractivity contribution in [3.05, 3.63) is 30.0 Å². The second-order valence-corrected chi connectivity index (χ2v) is 2.99. The Balaban J connectivity index is 2.60. The maximum Gasteiger partial charge on any atom is 0.139 e. The van der Waals surface area contributed by atoms with Crippen molar-refractivity contribution in [1.82, 2.24) is 14.4 Å². The fraction of sp³-hybridized carbons (Fsp3) is 0.333. The van der Waals surface area contributed by atoms with Crippen molar-refractivity contribution in [1.29, 1.82) is 0 Å². The summed E-state index contributed by atoms with van der Waals surface area (Å²) < 4.78 is 1.98. The van der Waals surface area contributed by atoms with Gasteiger partial charge in [-0.2, -0.15) is 0 Å². The molecule has 0 radical (unpaired) electrons. The third kappa shape index (κ3) is 1.29. The third-order valence-corrected chi connectivity index (χ3v) is 2.15. The van der Waals surface area contributed by atoms with Crippen molar-refractivity contribution in [2.75, 3.05) is 6.54 Å². The molecule has 2 heterocycles. The largest absolute Gasteiger partial charge is 0.330 e. The molecule has 0 saturated heterocycles. The number of aryl methyl sites for hydroxylation is 1. The van der Waals surface area contributed by atoms with Gasteiger partial charge >= 0.3 is 0 Å². The first-order chi connectivity index (χ1) is 6.33. The van der Waals surface area contributed by atoms with Crippen molar-refractivity contribution < 1.29 is 0 Å². The first kappa shape index (κ1) is 8.19. The summed E-state index contributed by atoms with van der Waals surface area (Å²) in [6, 6.07) is 1.90. The van der Waals surface area contributed by atoms with Gasteiger partial charge in [0.05, 0.1) is 5.69 Å². The summed E-state index contributed by atoms with van der Waals surface area (Å²) in [4.78, 5) is 8.48. The highest BCUT2D eigenvalue weighted by atomic mass is 15.0. The molecule has 2 aromatic rings. The van der Waals surface area contributed by atoms with Crippen LogP contribution in [0.15, 0.2) is 18.6 Å². The highest BCUT2D eigenvalue weighted by Gasteiger charge is 2.05. The fourth-order valence-electron chi connectivity index (χ4n) is 1.44. The molecule has 0 amide bonds. The Morgan fingerprint density at radius 3 is 3.08 bits per heavy atom. The summed E-state index contributed by atoms with van der Waals surface area (Å²) in [6.45, 7) is 2.67. The maximum atomic E-state index is 5.49. The zero-order valence-corrected chi connectivity index (χ0v) is 7.57. The molecule has 68 valence electrons. The second kappa shape index (κ2) is 3.14. The highest BCUT2D eigenvalue weighted by molar-refractivity contribution is 5.41. The molecule has 0 atom stereocenters. The van der Waals surface area contributed by atoms with Crippen molar-refractivity contribution in [2.24, 2.45) is 5.73 Å². The Morgan fingerprint density at radius 2 is 2.38 bits per heavy atom. The molecule has 0 saturated carbocycles. The van der Waals surface area contributed by atoms with Crippen LogP contribution in [-0.4, -0.2) is 20.9 Å². The van der Waals surface area contributed by atoms with E-state index in [4.69, 9.17) is 5.73 Å². The van der Waals surface area contributed by atoms with Crippen LogP contribution in [0.4, 0.5) is 0 Å². The average molecular weight is 176 g/mol. The Morgan fingerprint density at radius 1 is 1.54 bits per heavy atom. The standard InChI is InChI=1S/C9H12N4/c1-7-8(2-4-10)12-9-3-5-11-6-13(7)9/h3,5-6H,2,4,10H2,1H3. The summed E-state index contributed by atoms with van der Waals surface area (Å²) in [5.74, 6) is 0. The first-order valence-electron chi connectivity index (χ1n) is 4.30. The summed E-state index contributed by atoms with van der Waals surface area (Å²) >= 11 is 0. The van der Waals surface area contributed by atoms with Gasteiger partial charge in [-0.1, -0.05) is 0 Å². The van der Waals surface area contributed by atoms with E-state index in [2.05, 4.69) is 9.97 Å². The molecule has 13 heavy (non-hydrogen) atoms. The number of nitrogens with two attached hydrogens (primary N) is 1. The molecule has 4 nitrogen and oxygen atoms in total. The van der Waals surface area contributed by atoms with Crippen LogP contribution in [0, 0.1) is 6.92 Å². The van der Waals surface area contributed by atoms with Crippen LogP contribution in [0.1, 0.15) is 11.4 Å². The molecular weight excluding hydrogens is 164 g/mol. The lowest BCUT2D eigenvalue weighted by molar-refractivity contribution is 0.917. The lowest BCUT2D eigenvalue weighted by Crippen LogP contribution is -2.04. The molecule has 0 aromatic carbocycles. The molecule has 2 rings (SSSR count). The minimum Gasteiger partial charge on any atom is -0.330 e. The van der Waals surface area contributed by atoms with E-state index >= 15 is 0 Å². The van der Waals surface area contributed by atoms with E-state index in [1.165, 1.54) is 0 Å². The van der Waals surface area contributed by atoms with Crippen molar-refractivity contribution in [3.63, 3.8) is 0 Å². The van der Waals surface area contributed by atoms with Gasteiger partial charge in [0.15, 0.2) is 0 Å². The molecule has 2 aromatic heterocycles. The van der Waals surface area contributed by atoms with Crippen LogP contribution < -0.4 is 5.73 Å². The summed E-state index contributed by atoms with van der Waals surface area (Å²) in [7, 11) is 0. The van der Waals surface area contributed by atoms with E-state index in [9.17, 15) is 0 Å². The van der Waals surface area contributed by atoms with E-state index < -0.39 is 0 Å². The number of nitrogens with zero attached hydrogens (tertiary/aromatic N) is 3. The minimum atomic E-state index is 0.637. The van der Waals surface area contributed by atoms with Crippen molar-refractivity contribution >= 4 is 5.65 Å². The maximum absolute atomic E-state index is 5.49. The van der Waals surface area contributed by atoms with Gasteiger partial charge in [0, 0.05) is 18.3 Å². The average Bonchev–Trinajstić information content (AvgIpc) is 2.46. The summed E-state index contributed by atoms with van der Waals surface area (Å²) in [5.41, 5.74) is 8.63. The molecular formula is C9H12N4. The normalized spacial score (nSPS) is 10.9. The van der Waals surface area contributed by atoms with Gasteiger partial charge < -0.3 is 5.73 Å². The zero-order chi connectivity index (χ0) is 9.26. The monoisotopic (exact) mass is 176 g/mol. The molecule has 0 spiro atoms. The molecule has 0 unspecified atom stereocenters. The topological polar surface area (TPSA) is 56.2 Å².